The molecule has 5 rings (SSSR count). The Bertz CT molecular complexity index is 1380. The summed E-state index contributed by atoms with van der Waals surface area (Å²) in [6.07, 6.45) is 0. The van der Waals surface area contributed by atoms with E-state index in [-0.39, 0.29) is 11.8 Å². The van der Waals surface area contributed by atoms with Crippen LogP contribution in [0.4, 0.5) is 5.82 Å². The highest BCUT2D eigenvalue weighted by Crippen LogP contribution is 2.41. The van der Waals surface area contributed by atoms with Crippen LogP contribution in [0.3, 0.4) is 0 Å². The highest BCUT2D eigenvalue weighted by Gasteiger charge is 2.41. The van der Waals surface area contributed by atoms with Crippen molar-refractivity contribution in [1.82, 2.24) is 15.1 Å². The number of carbonyl (C=O) groups excluding carboxylic acids is 2. The summed E-state index contributed by atoms with van der Waals surface area (Å²) in [5, 5.41) is 10.8. The number of methoxy groups -OCH3 is 1. The minimum absolute atomic E-state index is 0.295. The van der Waals surface area contributed by atoms with Gasteiger partial charge in [0.1, 0.15) is 17.6 Å². The molecular weight excluding hydrogens is 440 g/mol. The number of carbonyl (C=O) groups is 2. The lowest BCUT2D eigenvalue weighted by Gasteiger charge is -2.33. The number of aryl methyl sites for hydroxylation is 2. The zero-order valence-corrected chi connectivity index (χ0v) is 19.8. The first-order chi connectivity index (χ1) is 17.0. The minimum atomic E-state index is -0.821. The van der Waals surface area contributed by atoms with Crippen molar-refractivity contribution in [2.24, 2.45) is 0 Å². The van der Waals surface area contributed by atoms with E-state index >= 15 is 0 Å². The Labute approximate surface area is 203 Å². The Morgan fingerprint density at radius 2 is 1.66 bits per heavy atom. The van der Waals surface area contributed by atoms with E-state index in [0.717, 1.165) is 28.1 Å². The predicted molar refractivity (Wildman–Crippen MR) is 134 cm³/mol. The molecule has 0 bridgehead atoms. The molecule has 2 amide bonds. The Hall–Kier alpha value is -4.39. The molecule has 2 atom stereocenters. The van der Waals surface area contributed by atoms with Gasteiger partial charge in [-0.05, 0) is 55.8 Å². The number of hydrogen-bond donors (Lipinski definition) is 2. The van der Waals surface area contributed by atoms with Gasteiger partial charge < -0.3 is 15.4 Å². The van der Waals surface area contributed by atoms with Gasteiger partial charge in [-0.2, -0.15) is 5.10 Å². The number of nitrogens with zero attached hydrogens (tertiary/aromatic N) is 2. The molecule has 3 aromatic carbocycles. The summed E-state index contributed by atoms with van der Waals surface area (Å²) >= 11 is 0. The first-order valence-electron chi connectivity index (χ1n) is 11.4. The third-order valence-electron chi connectivity index (χ3n) is 6.35. The number of hydrogen-bond acceptors (Lipinski definition) is 4. The molecule has 0 aliphatic carbocycles. The fourth-order valence-electron chi connectivity index (χ4n) is 4.55. The van der Waals surface area contributed by atoms with E-state index in [9.17, 15) is 9.59 Å². The fourth-order valence-corrected chi connectivity index (χ4v) is 4.55. The molecule has 0 fully saturated rings. The van der Waals surface area contributed by atoms with Gasteiger partial charge in [-0.1, -0.05) is 48.0 Å². The van der Waals surface area contributed by atoms with Crippen molar-refractivity contribution in [3.05, 3.63) is 107 Å². The average Bonchev–Trinajstić information content (AvgIpc) is 3.21. The van der Waals surface area contributed by atoms with E-state index in [2.05, 4.69) is 10.6 Å². The molecule has 1 aromatic heterocycles. The van der Waals surface area contributed by atoms with Gasteiger partial charge in [0.2, 0.25) is 5.91 Å². The molecule has 35 heavy (non-hydrogen) atoms. The zero-order chi connectivity index (χ0) is 24.5. The molecule has 0 radical (unpaired) electrons. The molecule has 4 aromatic rings. The summed E-state index contributed by atoms with van der Waals surface area (Å²) in [5.41, 5.74) is 5.00. The quantitative estimate of drug-likeness (QED) is 0.457. The number of anilines is 1. The second-order valence-electron chi connectivity index (χ2n) is 8.65. The van der Waals surface area contributed by atoms with E-state index in [1.807, 2.05) is 68.4 Å². The predicted octanol–water partition coefficient (Wildman–Crippen LogP) is 4.38. The van der Waals surface area contributed by atoms with Gasteiger partial charge >= 0.3 is 0 Å². The summed E-state index contributed by atoms with van der Waals surface area (Å²) in [4.78, 5) is 26.5. The van der Waals surface area contributed by atoms with E-state index < -0.39 is 12.0 Å². The number of rotatable bonds is 5. The van der Waals surface area contributed by atoms with Crippen LogP contribution in [-0.4, -0.2) is 34.7 Å². The van der Waals surface area contributed by atoms with Crippen LogP contribution >= 0.6 is 0 Å². The maximum Gasteiger partial charge on any atom is 0.251 e. The van der Waals surface area contributed by atoms with Crippen LogP contribution in [-0.2, 0) is 4.79 Å². The molecular formula is C28H26N4O3. The molecule has 176 valence electrons. The number of nitrogens with one attached hydrogen (secondary N) is 2. The standard InChI is InChI=1S/C28H26N4O3/c1-17-9-13-21(14-10-17)32-26-23(18(2)31-32)24(19-11-15-22(35-3)16-12-19)25(28(34)30-26)29-27(33)20-7-5-4-6-8-20/h4-16,24-25H,1-3H3,(H,29,33)(H,30,34). The van der Waals surface area contributed by atoms with Crippen LogP contribution in [0.5, 0.6) is 5.75 Å². The van der Waals surface area contributed by atoms with Crippen LogP contribution < -0.4 is 15.4 Å². The number of fused-ring (bicyclic) bond motifs is 1. The monoisotopic (exact) mass is 466 g/mol. The second-order valence-corrected chi connectivity index (χ2v) is 8.65. The van der Waals surface area contributed by atoms with Gasteiger partial charge in [0, 0.05) is 17.0 Å². The largest absolute Gasteiger partial charge is 0.497 e. The number of ether oxygens (including phenoxy) is 1. The van der Waals surface area contributed by atoms with E-state index in [4.69, 9.17) is 9.84 Å². The number of aromatic nitrogens is 2. The lowest BCUT2D eigenvalue weighted by atomic mass is 9.81. The maximum atomic E-state index is 13.5. The van der Waals surface area contributed by atoms with Gasteiger partial charge in [-0.15, -0.1) is 0 Å². The Morgan fingerprint density at radius 1 is 0.971 bits per heavy atom. The highest BCUT2D eigenvalue weighted by atomic mass is 16.5. The topological polar surface area (TPSA) is 85.2 Å². The van der Waals surface area contributed by atoms with Crippen molar-refractivity contribution < 1.29 is 14.3 Å². The summed E-state index contributed by atoms with van der Waals surface area (Å²) < 4.78 is 7.08. The van der Waals surface area contributed by atoms with E-state index in [1.165, 1.54) is 0 Å². The zero-order valence-electron chi connectivity index (χ0n) is 19.8. The molecule has 2 unspecified atom stereocenters. The van der Waals surface area contributed by atoms with Crippen LogP contribution in [0.1, 0.15) is 38.7 Å². The normalized spacial score (nSPS) is 16.8. The molecule has 7 heteroatoms. The lowest BCUT2D eigenvalue weighted by molar-refractivity contribution is -0.118. The van der Waals surface area contributed by atoms with Gasteiger partial charge in [-0.3, -0.25) is 9.59 Å². The molecule has 1 aliphatic heterocycles. The molecule has 2 N–H and O–H groups in total. The van der Waals surface area contributed by atoms with Crippen molar-refractivity contribution in [3.63, 3.8) is 0 Å². The average molecular weight is 467 g/mol. The van der Waals surface area contributed by atoms with E-state index in [0.29, 0.717) is 17.1 Å². The van der Waals surface area contributed by atoms with Crippen molar-refractivity contribution >= 4 is 17.6 Å². The fraction of sp³-hybridized carbons (Fsp3) is 0.179. The molecule has 2 heterocycles. The third kappa shape index (κ3) is 4.17. The summed E-state index contributed by atoms with van der Waals surface area (Å²) in [5.74, 6) is 0.289. The highest BCUT2D eigenvalue weighted by molar-refractivity contribution is 6.04. The maximum absolute atomic E-state index is 13.5. The summed E-state index contributed by atoms with van der Waals surface area (Å²) in [7, 11) is 1.61. The Kier molecular flexibility index (Phi) is 5.82. The van der Waals surface area contributed by atoms with E-state index in [1.54, 1.807) is 36.1 Å². The number of benzene rings is 3. The smallest absolute Gasteiger partial charge is 0.251 e. The van der Waals surface area contributed by atoms with Crippen LogP contribution in [0.15, 0.2) is 78.9 Å². The first-order valence-corrected chi connectivity index (χ1v) is 11.4. The van der Waals surface area contributed by atoms with Crippen molar-refractivity contribution in [3.8, 4) is 11.4 Å². The van der Waals surface area contributed by atoms with Crippen molar-refractivity contribution in [1.29, 1.82) is 0 Å². The molecule has 7 nitrogen and oxygen atoms in total. The van der Waals surface area contributed by atoms with Crippen LogP contribution in [0.25, 0.3) is 5.69 Å². The molecule has 0 saturated heterocycles. The molecule has 0 spiro atoms. The van der Waals surface area contributed by atoms with Crippen LogP contribution in [0, 0.1) is 13.8 Å². The summed E-state index contributed by atoms with van der Waals surface area (Å²) in [6.45, 7) is 3.95. The second kappa shape index (κ2) is 9.10. The SMILES string of the molecule is COc1ccc(C2c3c(C)nn(-c4ccc(C)cc4)c3NC(=O)C2NC(=O)c2ccccc2)cc1. The van der Waals surface area contributed by atoms with Crippen LogP contribution in [0.2, 0.25) is 0 Å². The third-order valence-corrected chi connectivity index (χ3v) is 6.35. The van der Waals surface area contributed by atoms with Gasteiger partial charge in [0.25, 0.3) is 5.91 Å². The van der Waals surface area contributed by atoms with Crippen molar-refractivity contribution in [2.45, 2.75) is 25.8 Å². The summed E-state index contributed by atoms with van der Waals surface area (Å²) in [6, 6.07) is 23.6. The Morgan fingerprint density at radius 3 is 2.31 bits per heavy atom. The number of amides is 2. The van der Waals surface area contributed by atoms with Gasteiger partial charge in [0.15, 0.2) is 0 Å². The molecule has 1 aliphatic rings. The first kappa shape index (κ1) is 22.4. The van der Waals surface area contributed by atoms with Gasteiger partial charge in [0.05, 0.1) is 18.5 Å². The lowest BCUT2D eigenvalue weighted by Crippen LogP contribution is -2.50. The van der Waals surface area contributed by atoms with Crippen molar-refractivity contribution in [2.75, 3.05) is 12.4 Å². The van der Waals surface area contributed by atoms with Gasteiger partial charge in [-0.25, -0.2) is 4.68 Å². The molecule has 0 saturated carbocycles. The minimum Gasteiger partial charge on any atom is -0.497 e. The Balaban J connectivity index is 1.62.